The van der Waals surface area contributed by atoms with Crippen molar-refractivity contribution in [1.82, 2.24) is 9.97 Å². The molecule has 0 aliphatic rings. The Morgan fingerprint density at radius 1 is 1.13 bits per heavy atom. The van der Waals surface area contributed by atoms with E-state index in [4.69, 9.17) is 0 Å². The third kappa shape index (κ3) is 2.40. The highest BCUT2D eigenvalue weighted by Gasteiger charge is 2.01. The third-order valence-corrected chi connectivity index (χ3v) is 2.49. The van der Waals surface area contributed by atoms with E-state index in [0.717, 1.165) is 12.1 Å². The molecule has 0 saturated heterocycles. The highest BCUT2D eigenvalue weighted by molar-refractivity contribution is 5.32. The van der Waals surface area contributed by atoms with E-state index in [1.54, 1.807) is 12.4 Å². The first-order valence-electron chi connectivity index (χ1n) is 5.07. The molecule has 76 valence electrons. The smallest absolute Gasteiger partial charge is 0.0630 e. The van der Waals surface area contributed by atoms with Gasteiger partial charge in [0.1, 0.15) is 0 Å². The Morgan fingerprint density at radius 2 is 2.00 bits per heavy atom. The van der Waals surface area contributed by atoms with E-state index < -0.39 is 0 Å². The van der Waals surface area contributed by atoms with Crippen molar-refractivity contribution in [2.45, 2.75) is 20.3 Å². The second-order valence-electron chi connectivity index (χ2n) is 3.80. The average molecular weight is 198 g/mol. The summed E-state index contributed by atoms with van der Waals surface area (Å²) in [7, 11) is 0. The first-order chi connectivity index (χ1) is 7.25. The molecule has 0 bridgehead atoms. The molecule has 0 amide bonds. The van der Waals surface area contributed by atoms with Crippen LogP contribution in [0.3, 0.4) is 0 Å². The zero-order valence-electron chi connectivity index (χ0n) is 9.07. The second kappa shape index (κ2) is 4.22. The Kier molecular flexibility index (Phi) is 2.77. The van der Waals surface area contributed by atoms with Crippen LogP contribution in [0.5, 0.6) is 0 Å². The monoisotopic (exact) mass is 198 g/mol. The summed E-state index contributed by atoms with van der Waals surface area (Å²) in [5.74, 6) is 0. The molecule has 15 heavy (non-hydrogen) atoms. The quantitative estimate of drug-likeness (QED) is 0.741. The molecule has 0 aliphatic heterocycles. The fourth-order valence-corrected chi connectivity index (χ4v) is 1.61. The molecule has 0 atom stereocenters. The van der Waals surface area contributed by atoms with Crippen molar-refractivity contribution in [1.29, 1.82) is 0 Å². The highest BCUT2D eigenvalue weighted by atomic mass is 14.8. The molecule has 0 fully saturated rings. The Morgan fingerprint density at radius 3 is 2.73 bits per heavy atom. The summed E-state index contributed by atoms with van der Waals surface area (Å²) in [6.07, 6.45) is 6.12. The summed E-state index contributed by atoms with van der Waals surface area (Å²) in [5.41, 5.74) is 4.95. The van der Waals surface area contributed by atoms with Crippen molar-refractivity contribution in [3.63, 3.8) is 0 Å². The van der Waals surface area contributed by atoms with Crippen LogP contribution in [0.4, 0.5) is 0 Å². The number of benzene rings is 1. The van der Waals surface area contributed by atoms with Crippen LogP contribution in [-0.2, 0) is 6.42 Å². The van der Waals surface area contributed by atoms with Gasteiger partial charge in [0.05, 0.1) is 5.69 Å². The van der Waals surface area contributed by atoms with Gasteiger partial charge in [-0.25, -0.2) is 0 Å². The Hall–Kier alpha value is -1.70. The number of rotatable bonds is 2. The van der Waals surface area contributed by atoms with Crippen LogP contribution in [0.2, 0.25) is 0 Å². The number of aryl methyl sites for hydroxylation is 2. The lowest BCUT2D eigenvalue weighted by Crippen LogP contribution is -1.95. The van der Waals surface area contributed by atoms with E-state index in [-0.39, 0.29) is 0 Å². The van der Waals surface area contributed by atoms with Crippen LogP contribution in [0.15, 0.2) is 36.8 Å². The summed E-state index contributed by atoms with van der Waals surface area (Å²) in [4.78, 5) is 8.35. The Labute approximate surface area is 90.0 Å². The lowest BCUT2D eigenvalue weighted by molar-refractivity contribution is 1.02. The van der Waals surface area contributed by atoms with Gasteiger partial charge >= 0.3 is 0 Å². The first-order valence-corrected chi connectivity index (χ1v) is 5.07. The molecule has 0 saturated carbocycles. The van der Waals surface area contributed by atoms with E-state index >= 15 is 0 Å². The summed E-state index contributed by atoms with van der Waals surface area (Å²) >= 11 is 0. The molecule has 1 aromatic carbocycles. The fourth-order valence-electron chi connectivity index (χ4n) is 1.61. The predicted molar refractivity (Wildman–Crippen MR) is 60.8 cm³/mol. The second-order valence-corrected chi connectivity index (χ2v) is 3.80. The molecule has 2 aromatic rings. The first kappa shape index (κ1) is 9.84. The van der Waals surface area contributed by atoms with Gasteiger partial charge in [0, 0.05) is 25.0 Å². The fraction of sp³-hybridized carbons (Fsp3) is 0.231. The van der Waals surface area contributed by atoms with Crippen LogP contribution in [-0.4, -0.2) is 9.97 Å². The zero-order valence-corrected chi connectivity index (χ0v) is 9.07. The normalized spacial score (nSPS) is 10.3. The standard InChI is InChI=1S/C13H14N2/c1-10-3-4-11(2)12(7-10)8-13-9-14-5-6-15-13/h3-7,9H,8H2,1-2H3. The topological polar surface area (TPSA) is 25.8 Å². The number of hydrogen-bond donors (Lipinski definition) is 0. The molecule has 0 N–H and O–H groups in total. The van der Waals surface area contributed by atoms with Crippen molar-refractivity contribution < 1.29 is 0 Å². The van der Waals surface area contributed by atoms with Crippen molar-refractivity contribution >= 4 is 0 Å². The molecule has 0 radical (unpaired) electrons. The molecule has 1 aromatic heterocycles. The van der Waals surface area contributed by atoms with Crippen molar-refractivity contribution in [3.05, 3.63) is 59.2 Å². The molecule has 0 unspecified atom stereocenters. The van der Waals surface area contributed by atoms with Crippen molar-refractivity contribution in [2.24, 2.45) is 0 Å². The molecular weight excluding hydrogens is 184 g/mol. The minimum absolute atomic E-state index is 0.862. The summed E-state index contributed by atoms with van der Waals surface area (Å²) in [6, 6.07) is 6.50. The lowest BCUT2D eigenvalue weighted by Gasteiger charge is -2.06. The third-order valence-electron chi connectivity index (χ3n) is 2.49. The van der Waals surface area contributed by atoms with E-state index in [1.807, 2.05) is 6.20 Å². The van der Waals surface area contributed by atoms with Gasteiger partial charge < -0.3 is 0 Å². The molecule has 1 heterocycles. The van der Waals surface area contributed by atoms with E-state index in [1.165, 1.54) is 16.7 Å². The molecule has 0 aliphatic carbocycles. The average Bonchev–Trinajstić information content (AvgIpc) is 2.25. The Bertz CT molecular complexity index is 449. The van der Waals surface area contributed by atoms with Crippen LogP contribution in [0.1, 0.15) is 22.4 Å². The largest absolute Gasteiger partial charge is 0.261 e. The maximum atomic E-state index is 4.28. The van der Waals surface area contributed by atoms with E-state index in [0.29, 0.717) is 0 Å². The minimum atomic E-state index is 0.862. The lowest BCUT2D eigenvalue weighted by atomic mass is 10.0. The Balaban J connectivity index is 2.28. The van der Waals surface area contributed by atoms with Crippen LogP contribution in [0, 0.1) is 13.8 Å². The maximum absolute atomic E-state index is 4.28. The van der Waals surface area contributed by atoms with Gasteiger partial charge in [-0.2, -0.15) is 0 Å². The molecular formula is C13H14N2. The summed E-state index contributed by atoms with van der Waals surface area (Å²) < 4.78 is 0. The van der Waals surface area contributed by atoms with Gasteiger partial charge in [-0.1, -0.05) is 23.8 Å². The van der Waals surface area contributed by atoms with E-state index in [9.17, 15) is 0 Å². The van der Waals surface area contributed by atoms with Crippen LogP contribution < -0.4 is 0 Å². The van der Waals surface area contributed by atoms with Gasteiger partial charge in [-0.3, -0.25) is 9.97 Å². The molecule has 2 nitrogen and oxygen atoms in total. The zero-order chi connectivity index (χ0) is 10.7. The van der Waals surface area contributed by atoms with Crippen molar-refractivity contribution in [3.8, 4) is 0 Å². The molecule has 2 heteroatoms. The van der Waals surface area contributed by atoms with Crippen molar-refractivity contribution in [2.75, 3.05) is 0 Å². The highest BCUT2D eigenvalue weighted by Crippen LogP contribution is 2.13. The van der Waals surface area contributed by atoms with Crippen LogP contribution in [0.25, 0.3) is 0 Å². The minimum Gasteiger partial charge on any atom is -0.261 e. The van der Waals surface area contributed by atoms with Gasteiger partial charge in [-0.05, 0) is 25.0 Å². The van der Waals surface area contributed by atoms with Crippen LogP contribution >= 0.6 is 0 Å². The number of aromatic nitrogens is 2. The molecule has 0 spiro atoms. The maximum Gasteiger partial charge on any atom is 0.0630 e. The van der Waals surface area contributed by atoms with Gasteiger partial charge in [0.15, 0.2) is 0 Å². The van der Waals surface area contributed by atoms with Gasteiger partial charge in [-0.15, -0.1) is 0 Å². The predicted octanol–water partition coefficient (Wildman–Crippen LogP) is 2.68. The summed E-state index contributed by atoms with van der Waals surface area (Å²) in [5, 5.41) is 0. The van der Waals surface area contributed by atoms with E-state index in [2.05, 4.69) is 42.0 Å². The van der Waals surface area contributed by atoms with Gasteiger partial charge in [0.2, 0.25) is 0 Å². The number of nitrogens with zero attached hydrogens (tertiary/aromatic N) is 2. The SMILES string of the molecule is Cc1ccc(C)c(Cc2cnccn2)c1. The summed E-state index contributed by atoms with van der Waals surface area (Å²) in [6.45, 7) is 4.24. The number of hydrogen-bond acceptors (Lipinski definition) is 2. The molecule has 2 rings (SSSR count). The van der Waals surface area contributed by atoms with Gasteiger partial charge in [0.25, 0.3) is 0 Å².